The van der Waals surface area contributed by atoms with Crippen molar-refractivity contribution in [3.8, 4) is 0 Å². The highest BCUT2D eigenvalue weighted by Crippen LogP contribution is 2.21. The number of hydrogen-bond acceptors (Lipinski definition) is 4. The Kier molecular flexibility index (Phi) is 9.88. The lowest BCUT2D eigenvalue weighted by atomic mass is 10.1. The van der Waals surface area contributed by atoms with E-state index in [9.17, 15) is 22.4 Å². The highest BCUT2D eigenvalue weighted by atomic mass is 35.5. The third-order valence-corrected chi connectivity index (χ3v) is 6.73. The van der Waals surface area contributed by atoms with E-state index in [1.54, 1.807) is 31.2 Å². The molecule has 1 atom stereocenters. The van der Waals surface area contributed by atoms with E-state index in [0.717, 1.165) is 10.6 Å². The van der Waals surface area contributed by atoms with Crippen molar-refractivity contribution >= 4 is 39.1 Å². The van der Waals surface area contributed by atoms with E-state index in [1.807, 2.05) is 13.8 Å². The second kappa shape index (κ2) is 12.2. The quantitative estimate of drug-likeness (QED) is 0.494. The molecule has 10 heteroatoms. The fraction of sp³-hybridized carbons (Fsp3) is 0.417. The van der Waals surface area contributed by atoms with Crippen LogP contribution in [0.15, 0.2) is 48.5 Å². The number of benzene rings is 2. The van der Waals surface area contributed by atoms with Crippen molar-refractivity contribution in [1.82, 2.24) is 10.2 Å². The number of nitrogens with zero attached hydrogens (tertiary/aromatic N) is 2. The lowest BCUT2D eigenvalue weighted by Gasteiger charge is -2.30. The zero-order chi connectivity index (χ0) is 25.5. The average molecular weight is 512 g/mol. The summed E-state index contributed by atoms with van der Waals surface area (Å²) in [6.45, 7) is 5.48. The van der Waals surface area contributed by atoms with Crippen molar-refractivity contribution < 1.29 is 22.4 Å². The van der Waals surface area contributed by atoms with Crippen molar-refractivity contribution in [2.45, 2.75) is 52.2 Å². The van der Waals surface area contributed by atoms with Crippen LogP contribution in [-0.2, 0) is 26.2 Å². The predicted molar refractivity (Wildman–Crippen MR) is 133 cm³/mol. The Morgan fingerprint density at radius 3 is 2.24 bits per heavy atom. The van der Waals surface area contributed by atoms with Crippen molar-refractivity contribution in [1.29, 1.82) is 0 Å². The minimum atomic E-state index is -3.64. The lowest BCUT2D eigenvalue weighted by Crippen LogP contribution is -2.49. The SMILES string of the molecule is CC(C)NC(=O)C(C)N(Cc1ccccc1Cl)C(=O)CCCN(c1ccc(F)cc1)S(C)(=O)=O. The van der Waals surface area contributed by atoms with E-state index in [2.05, 4.69) is 5.32 Å². The number of carbonyl (C=O) groups excluding carboxylic acids is 2. The van der Waals surface area contributed by atoms with Crippen LogP contribution in [0.25, 0.3) is 0 Å². The normalized spacial score (nSPS) is 12.3. The van der Waals surface area contributed by atoms with E-state index in [0.29, 0.717) is 16.3 Å². The summed E-state index contributed by atoms with van der Waals surface area (Å²) in [6, 6.07) is 11.3. The standard InChI is InChI=1S/C24H31ClFN3O4S/c1-17(2)27-24(31)18(3)28(16-19-8-5-6-9-22(19)25)23(30)10-7-15-29(34(4,32)33)21-13-11-20(26)12-14-21/h5-6,8-9,11-14,17-18H,7,10,15-16H2,1-4H3,(H,27,31). The van der Waals surface area contributed by atoms with Gasteiger partial charge in [-0.25, -0.2) is 12.8 Å². The van der Waals surface area contributed by atoms with E-state index < -0.39 is 21.9 Å². The largest absolute Gasteiger partial charge is 0.352 e. The van der Waals surface area contributed by atoms with Crippen LogP contribution >= 0.6 is 11.6 Å². The maximum atomic E-state index is 13.3. The molecule has 2 rings (SSSR count). The van der Waals surface area contributed by atoms with Gasteiger partial charge >= 0.3 is 0 Å². The predicted octanol–water partition coefficient (Wildman–Crippen LogP) is 3.97. The van der Waals surface area contributed by atoms with Crippen LogP contribution in [-0.4, -0.2) is 50.0 Å². The first-order valence-corrected chi connectivity index (χ1v) is 13.2. The smallest absolute Gasteiger partial charge is 0.242 e. The van der Waals surface area contributed by atoms with Crippen LogP contribution in [0.4, 0.5) is 10.1 Å². The van der Waals surface area contributed by atoms with Gasteiger partial charge in [0.25, 0.3) is 0 Å². The molecule has 0 aromatic heterocycles. The Bertz CT molecular complexity index is 1090. The van der Waals surface area contributed by atoms with Crippen LogP contribution in [0.5, 0.6) is 0 Å². The number of nitrogens with one attached hydrogen (secondary N) is 1. The van der Waals surface area contributed by atoms with E-state index in [-0.39, 0.29) is 43.8 Å². The summed E-state index contributed by atoms with van der Waals surface area (Å²) in [7, 11) is -3.64. The van der Waals surface area contributed by atoms with Crippen LogP contribution in [0.1, 0.15) is 39.2 Å². The van der Waals surface area contributed by atoms with Gasteiger partial charge in [0.05, 0.1) is 11.9 Å². The van der Waals surface area contributed by atoms with Crippen molar-refractivity contribution in [2.24, 2.45) is 0 Å². The molecule has 1 N–H and O–H groups in total. The second-order valence-electron chi connectivity index (χ2n) is 8.37. The summed E-state index contributed by atoms with van der Waals surface area (Å²) < 4.78 is 38.9. The number of amides is 2. The summed E-state index contributed by atoms with van der Waals surface area (Å²) in [4.78, 5) is 27.3. The molecular formula is C24H31ClFN3O4S. The van der Waals surface area contributed by atoms with Gasteiger partial charge in [-0.15, -0.1) is 0 Å². The Labute approximate surface area is 205 Å². The highest BCUT2D eigenvalue weighted by molar-refractivity contribution is 7.92. The maximum absolute atomic E-state index is 13.3. The topological polar surface area (TPSA) is 86.8 Å². The summed E-state index contributed by atoms with van der Waals surface area (Å²) in [5, 5.41) is 3.30. The molecule has 34 heavy (non-hydrogen) atoms. The Morgan fingerprint density at radius 1 is 1.06 bits per heavy atom. The molecule has 1 unspecified atom stereocenters. The van der Waals surface area contributed by atoms with Crippen molar-refractivity contribution in [3.63, 3.8) is 0 Å². The summed E-state index contributed by atoms with van der Waals surface area (Å²) in [5.74, 6) is -1.07. The Morgan fingerprint density at radius 2 is 1.68 bits per heavy atom. The molecule has 0 aliphatic heterocycles. The monoisotopic (exact) mass is 511 g/mol. The summed E-state index contributed by atoms with van der Waals surface area (Å²) in [5.41, 5.74) is 1.01. The van der Waals surface area contributed by atoms with Gasteiger partial charge in [-0.1, -0.05) is 29.8 Å². The summed E-state index contributed by atoms with van der Waals surface area (Å²) in [6.07, 6.45) is 1.28. The van der Waals surface area contributed by atoms with Gasteiger partial charge in [0, 0.05) is 30.6 Å². The highest BCUT2D eigenvalue weighted by Gasteiger charge is 2.27. The average Bonchev–Trinajstić information content (AvgIpc) is 2.75. The molecule has 0 heterocycles. The molecule has 0 saturated heterocycles. The Hall–Kier alpha value is -2.65. The van der Waals surface area contributed by atoms with Crippen LogP contribution in [0, 0.1) is 5.82 Å². The molecule has 186 valence electrons. The number of hydrogen-bond donors (Lipinski definition) is 1. The molecule has 2 amide bonds. The third-order valence-electron chi connectivity index (χ3n) is 5.16. The van der Waals surface area contributed by atoms with E-state index in [4.69, 9.17) is 11.6 Å². The van der Waals surface area contributed by atoms with Gasteiger partial charge in [-0.3, -0.25) is 13.9 Å². The molecule has 7 nitrogen and oxygen atoms in total. The number of rotatable bonds is 11. The third kappa shape index (κ3) is 7.99. The zero-order valence-corrected chi connectivity index (χ0v) is 21.4. The van der Waals surface area contributed by atoms with Crippen molar-refractivity contribution in [2.75, 3.05) is 17.1 Å². The number of carbonyl (C=O) groups is 2. The van der Waals surface area contributed by atoms with Crippen LogP contribution in [0.2, 0.25) is 5.02 Å². The van der Waals surface area contributed by atoms with Gasteiger partial charge in [0.15, 0.2) is 0 Å². The molecule has 0 fully saturated rings. The van der Waals surface area contributed by atoms with Gasteiger partial charge < -0.3 is 10.2 Å². The molecule has 0 spiro atoms. The van der Waals surface area contributed by atoms with Crippen LogP contribution < -0.4 is 9.62 Å². The van der Waals surface area contributed by atoms with Gasteiger partial charge in [0.2, 0.25) is 21.8 Å². The number of anilines is 1. The molecule has 0 aliphatic carbocycles. The Balaban J connectivity index is 2.17. The fourth-order valence-corrected chi connectivity index (χ4v) is 4.57. The van der Waals surface area contributed by atoms with Gasteiger partial charge in [0.1, 0.15) is 11.9 Å². The minimum Gasteiger partial charge on any atom is -0.352 e. The summed E-state index contributed by atoms with van der Waals surface area (Å²) >= 11 is 6.28. The molecule has 0 radical (unpaired) electrons. The molecule has 0 aliphatic rings. The fourth-order valence-electron chi connectivity index (χ4n) is 3.41. The van der Waals surface area contributed by atoms with E-state index >= 15 is 0 Å². The number of sulfonamides is 1. The zero-order valence-electron chi connectivity index (χ0n) is 19.8. The van der Waals surface area contributed by atoms with E-state index in [1.165, 1.54) is 29.2 Å². The number of halogens is 2. The minimum absolute atomic E-state index is 0.0109. The first kappa shape index (κ1) is 27.6. The van der Waals surface area contributed by atoms with Gasteiger partial charge in [-0.2, -0.15) is 0 Å². The van der Waals surface area contributed by atoms with Crippen LogP contribution in [0.3, 0.4) is 0 Å². The van der Waals surface area contributed by atoms with Crippen molar-refractivity contribution in [3.05, 3.63) is 64.9 Å². The van der Waals surface area contributed by atoms with Gasteiger partial charge in [-0.05, 0) is 63.1 Å². The second-order valence-corrected chi connectivity index (χ2v) is 10.7. The first-order valence-electron chi connectivity index (χ1n) is 11.0. The first-order chi connectivity index (χ1) is 15.9. The molecular weight excluding hydrogens is 481 g/mol. The maximum Gasteiger partial charge on any atom is 0.242 e. The molecule has 2 aromatic carbocycles. The lowest BCUT2D eigenvalue weighted by molar-refractivity contribution is -0.140. The molecule has 2 aromatic rings. The molecule has 0 bridgehead atoms. The molecule has 0 saturated carbocycles.